The van der Waals surface area contributed by atoms with Gasteiger partial charge in [-0.15, -0.1) is 0 Å². The van der Waals surface area contributed by atoms with Gasteiger partial charge in [0.1, 0.15) is 6.04 Å². The molecule has 2 N–H and O–H groups in total. The van der Waals surface area contributed by atoms with Crippen LogP contribution < -0.4 is 15.2 Å². The van der Waals surface area contributed by atoms with Crippen molar-refractivity contribution in [3.8, 4) is 11.5 Å². The number of primary amides is 1. The first kappa shape index (κ1) is 22.7. The minimum Gasteiger partial charge on any atom is -0.493 e. The van der Waals surface area contributed by atoms with E-state index >= 15 is 0 Å². The Bertz CT molecular complexity index is 931. The molecule has 31 heavy (non-hydrogen) atoms. The zero-order valence-corrected chi connectivity index (χ0v) is 18.9. The quantitative estimate of drug-likeness (QED) is 0.623. The van der Waals surface area contributed by atoms with Crippen LogP contribution in [0, 0.1) is 13.8 Å². The molecule has 2 amide bonds. The predicted octanol–water partition coefficient (Wildman–Crippen LogP) is 3.12. The molecule has 168 valence electrons. The summed E-state index contributed by atoms with van der Waals surface area (Å²) in [5.74, 6) is 0.712. The molecule has 1 aliphatic rings. The molecule has 1 aromatic heterocycles. The lowest BCUT2D eigenvalue weighted by Gasteiger charge is -2.35. The summed E-state index contributed by atoms with van der Waals surface area (Å²) in [6, 6.07) is 7.37. The van der Waals surface area contributed by atoms with Crippen molar-refractivity contribution in [2.24, 2.45) is 5.73 Å². The van der Waals surface area contributed by atoms with Crippen molar-refractivity contribution in [3.63, 3.8) is 0 Å². The van der Waals surface area contributed by atoms with E-state index in [1.165, 1.54) is 11.4 Å². The third-order valence-electron chi connectivity index (χ3n) is 6.17. The molecule has 1 atom stereocenters. The smallest absolute Gasteiger partial charge is 0.240 e. The van der Waals surface area contributed by atoms with E-state index in [1.807, 2.05) is 12.1 Å². The van der Waals surface area contributed by atoms with Crippen LogP contribution in [0.15, 0.2) is 24.3 Å². The molecule has 3 rings (SSSR count). The van der Waals surface area contributed by atoms with Crippen LogP contribution in [0.5, 0.6) is 11.5 Å². The van der Waals surface area contributed by atoms with Crippen LogP contribution in [0.25, 0.3) is 0 Å². The lowest BCUT2D eigenvalue weighted by Crippen LogP contribution is -2.51. The van der Waals surface area contributed by atoms with Gasteiger partial charge in [0.05, 0.1) is 14.2 Å². The topological polar surface area (TPSA) is 86.8 Å². The first-order valence-corrected chi connectivity index (χ1v) is 10.8. The summed E-state index contributed by atoms with van der Waals surface area (Å²) in [4.78, 5) is 26.7. The highest BCUT2D eigenvalue weighted by atomic mass is 16.5. The SMILES string of the molecule is COc1cc2c(cc1OC)CN(C(=O)CCCCCn1c(C)ccc1C)C(C(N)=O)C2. The zero-order chi connectivity index (χ0) is 22.5. The van der Waals surface area contributed by atoms with Crippen LogP contribution in [-0.4, -0.2) is 41.5 Å². The molecule has 1 aliphatic heterocycles. The number of aromatic nitrogens is 1. The number of ether oxygens (including phenoxy) is 2. The van der Waals surface area contributed by atoms with E-state index in [2.05, 4.69) is 30.5 Å². The predicted molar refractivity (Wildman–Crippen MR) is 119 cm³/mol. The first-order chi connectivity index (χ1) is 14.8. The Kier molecular flexibility index (Phi) is 7.25. The van der Waals surface area contributed by atoms with E-state index in [-0.39, 0.29) is 5.91 Å². The van der Waals surface area contributed by atoms with Gasteiger partial charge in [-0.2, -0.15) is 0 Å². The summed E-state index contributed by atoms with van der Waals surface area (Å²) < 4.78 is 13.1. The average Bonchev–Trinajstić information content (AvgIpc) is 3.08. The maximum Gasteiger partial charge on any atom is 0.240 e. The number of aryl methyl sites for hydroxylation is 2. The Labute approximate surface area is 184 Å². The molecule has 0 spiro atoms. The van der Waals surface area contributed by atoms with Crippen molar-refractivity contribution >= 4 is 11.8 Å². The lowest BCUT2D eigenvalue weighted by molar-refractivity contribution is -0.140. The van der Waals surface area contributed by atoms with Crippen molar-refractivity contribution in [1.82, 2.24) is 9.47 Å². The van der Waals surface area contributed by atoms with Gasteiger partial charge in [0.15, 0.2) is 11.5 Å². The van der Waals surface area contributed by atoms with Gasteiger partial charge in [0.2, 0.25) is 11.8 Å². The van der Waals surface area contributed by atoms with E-state index in [0.717, 1.165) is 36.9 Å². The van der Waals surface area contributed by atoms with Gasteiger partial charge in [-0.05, 0) is 62.1 Å². The Morgan fingerprint density at radius 3 is 2.19 bits per heavy atom. The zero-order valence-electron chi connectivity index (χ0n) is 18.9. The van der Waals surface area contributed by atoms with Gasteiger partial charge in [0, 0.05) is 37.3 Å². The molecule has 2 heterocycles. The molecule has 0 saturated heterocycles. The maximum absolute atomic E-state index is 13.0. The number of carbonyl (C=O) groups is 2. The van der Waals surface area contributed by atoms with Crippen molar-refractivity contribution in [2.75, 3.05) is 14.2 Å². The van der Waals surface area contributed by atoms with Crippen LogP contribution in [0.2, 0.25) is 0 Å². The molecule has 1 unspecified atom stereocenters. The van der Waals surface area contributed by atoms with E-state index in [0.29, 0.717) is 30.9 Å². The number of fused-ring (bicyclic) bond motifs is 1. The van der Waals surface area contributed by atoms with Gasteiger partial charge in [-0.3, -0.25) is 9.59 Å². The fourth-order valence-corrected chi connectivity index (χ4v) is 4.35. The van der Waals surface area contributed by atoms with Crippen LogP contribution in [0.4, 0.5) is 0 Å². The number of amides is 2. The molecule has 0 saturated carbocycles. The number of hydrogen-bond donors (Lipinski definition) is 1. The van der Waals surface area contributed by atoms with Gasteiger partial charge in [-0.1, -0.05) is 6.42 Å². The second kappa shape index (κ2) is 9.90. The second-order valence-corrected chi connectivity index (χ2v) is 8.20. The highest BCUT2D eigenvalue weighted by molar-refractivity contribution is 5.87. The van der Waals surface area contributed by atoms with E-state index in [9.17, 15) is 9.59 Å². The Morgan fingerprint density at radius 2 is 1.61 bits per heavy atom. The van der Waals surface area contributed by atoms with Crippen LogP contribution >= 0.6 is 0 Å². The molecule has 2 aromatic rings. The van der Waals surface area contributed by atoms with E-state index < -0.39 is 11.9 Å². The van der Waals surface area contributed by atoms with E-state index in [4.69, 9.17) is 15.2 Å². The highest BCUT2D eigenvalue weighted by Gasteiger charge is 2.33. The van der Waals surface area contributed by atoms with Crippen molar-refractivity contribution in [3.05, 3.63) is 46.8 Å². The molecule has 0 fully saturated rings. The van der Waals surface area contributed by atoms with E-state index in [1.54, 1.807) is 19.1 Å². The summed E-state index contributed by atoms with van der Waals surface area (Å²) in [5.41, 5.74) is 10.1. The number of unbranched alkanes of at least 4 members (excludes halogenated alkanes) is 2. The second-order valence-electron chi connectivity index (χ2n) is 8.20. The summed E-state index contributed by atoms with van der Waals surface area (Å²) in [7, 11) is 3.16. The highest BCUT2D eigenvalue weighted by Crippen LogP contribution is 2.35. The molecule has 7 heteroatoms. The number of benzene rings is 1. The van der Waals surface area contributed by atoms with Gasteiger partial charge in [0.25, 0.3) is 0 Å². The number of nitrogens with two attached hydrogens (primary N) is 1. The molecular weight excluding hydrogens is 394 g/mol. The summed E-state index contributed by atoms with van der Waals surface area (Å²) in [5, 5.41) is 0. The standard InChI is InChI=1S/C24H33N3O4/c1-16-9-10-17(2)26(16)11-7-5-6-8-23(28)27-15-19-14-22(31-4)21(30-3)13-18(19)12-20(27)24(25)29/h9-10,13-14,20H,5-8,11-12,15H2,1-4H3,(H2,25,29). The fourth-order valence-electron chi connectivity index (χ4n) is 4.35. The van der Waals surface area contributed by atoms with Gasteiger partial charge < -0.3 is 24.7 Å². The third-order valence-corrected chi connectivity index (χ3v) is 6.17. The fraction of sp³-hybridized carbons (Fsp3) is 0.500. The lowest BCUT2D eigenvalue weighted by atomic mass is 9.92. The van der Waals surface area contributed by atoms with Crippen molar-refractivity contribution < 1.29 is 19.1 Å². The average molecular weight is 428 g/mol. The number of carbonyl (C=O) groups excluding carboxylic acids is 2. The maximum atomic E-state index is 13.0. The third kappa shape index (κ3) is 5.03. The normalized spacial score (nSPS) is 15.5. The minimum absolute atomic E-state index is 0.0300. The van der Waals surface area contributed by atoms with Crippen LogP contribution in [0.3, 0.4) is 0 Å². The summed E-state index contributed by atoms with van der Waals surface area (Å²) >= 11 is 0. The Balaban J connectivity index is 1.61. The Morgan fingerprint density at radius 1 is 1.00 bits per heavy atom. The molecule has 0 aliphatic carbocycles. The van der Waals surface area contributed by atoms with Crippen molar-refractivity contribution in [2.45, 2.75) is 65.1 Å². The molecule has 7 nitrogen and oxygen atoms in total. The van der Waals surface area contributed by atoms with Crippen molar-refractivity contribution in [1.29, 1.82) is 0 Å². The number of nitrogens with zero attached hydrogens (tertiary/aromatic N) is 2. The molecule has 0 radical (unpaired) electrons. The number of methoxy groups -OCH3 is 2. The van der Waals surface area contributed by atoms with Gasteiger partial charge in [-0.25, -0.2) is 0 Å². The Hall–Kier alpha value is -2.96. The van der Waals surface area contributed by atoms with Crippen LogP contribution in [0.1, 0.15) is 48.2 Å². The van der Waals surface area contributed by atoms with Gasteiger partial charge >= 0.3 is 0 Å². The largest absolute Gasteiger partial charge is 0.493 e. The summed E-state index contributed by atoms with van der Waals surface area (Å²) in [6.07, 6.45) is 3.57. The molecular formula is C24H33N3O4. The number of rotatable bonds is 9. The minimum atomic E-state index is -0.636. The molecule has 0 bridgehead atoms. The monoisotopic (exact) mass is 427 g/mol. The van der Waals surface area contributed by atoms with Crippen LogP contribution in [-0.2, 0) is 29.1 Å². The first-order valence-electron chi connectivity index (χ1n) is 10.8. The number of hydrogen-bond acceptors (Lipinski definition) is 4. The molecule has 1 aromatic carbocycles. The summed E-state index contributed by atoms with van der Waals surface area (Å²) in [6.45, 7) is 5.53.